The van der Waals surface area contributed by atoms with Crippen LogP contribution in [0.3, 0.4) is 0 Å². The number of pyridine rings is 1. The Morgan fingerprint density at radius 1 is 1.48 bits per heavy atom. The topological polar surface area (TPSA) is 87.2 Å². The zero-order valence-corrected chi connectivity index (χ0v) is 11.1. The molecule has 21 heavy (non-hydrogen) atoms. The van der Waals surface area contributed by atoms with E-state index in [2.05, 4.69) is 14.7 Å². The second-order valence-electron chi connectivity index (χ2n) is 4.36. The summed E-state index contributed by atoms with van der Waals surface area (Å²) in [7, 11) is 1.29. The first-order chi connectivity index (χ1) is 10.2. The number of hydrogen-bond acceptors (Lipinski definition) is 6. The molecule has 7 nitrogen and oxygen atoms in total. The molecule has 0 aromatic carbocycles. The van der Waals surface area contributed by atoms with Gasteiger partial charge in [0.25, 0.3) is 5.56 Å². The second-order valence-corrected chi connectivity index (χ2v) is 4.36. The molecule has 0 atom stereocenters. The maximum Gasteiger partial charge on any atom is 0.341 e. The quantitative estimate of drug-likeness (QED) is 0.672. The third-order valence-corrected chi connectivity index (χ3v) is 3.03. The minimum atomic E-state index is -0.486. The third-order valence-electron chi connectivity index (χ3n) is 3.03. The van der Waals surface area contributed by atoms with Crippen LogP contribution in [0.2, 0.25) is 0 Å². The van der Waals surface area contributed by atoms with Crippen LogP contribution in [-0.2, 0) is 11.3 Å². The lowest BCUT2D eigenvalue weighted by molar-refractivity contribution is 0.0600. The first kappa shape index (κ1) is 13.0. The molecule has 3 aromatic heterocycles. The van der Waals surface area contributed by atoms with Crippen molar-refractivity contribution in [3.8, 4) is 0 Å². The van der Waals surface area contributed by atoms with Gasteiger partial charge in [0.2, 0.25) is 0 Å². The molecule has 7 heteroatoms. The van der Waals surface area contributed by atoms with Crippen LogP contribution >= 0.6 is 0 Å². The van der Waals surface area contributed by atoms with Crippen LogP contribution < -0.4 is 5.56 Å². The number of fused-ring (bicyclic) bond motifs is 1. The molecule has 3 rings (SSSR count). The molecule has 0 bridgehead atoms. The summed E-state index contributed by atoms with van der Waals surface area (Å²) in [5, 5.41) is 0.479. The number of aromatic nitrogens is 3. The van der Waals surface area contributed by atoms with Gasteiger partial charge in [-0.25, -0.2) is 9.78 Å². The molecule has 0 unspecified atom stereocenters. The molecule has 0 aliphatic carbocycles. The molecule has 0 aliphatic heterocycles. The van der Waals surface area contributed by atoms with Gasteiger partial charge in [-0.2, -0.15) is 0 Å². The first-order valence-electron chi connectivity index (χ1n) is 6.14. The van der Waals surface area contributed by atoms with E-state index < -0.39 is 5.97 Å². The van der Waals surface area contributed by atoms with E-state index in [1.54, 1.807) is 6.07 Å². The Balaban J connectivity index is 1.95. The maximum atomic E-state index is 12.3. The van der Waals surface area contributed by atoms with Gasteiger partial charge in [0.1, 0.15) is 12.0 Å². The lowest BCUT2D eigenvalue weighted by Gasteiger charge is -2.03. The maximum absolute atomic E-state index is 12.3. The van der Waals surface area contributed by atoms with E-state index in [-0.39, 0.29) is 12.1 Å². The van der Waals surface area contributed by atoms with E-state index in [0.29, 0.717) is 22.2 Å². The highest BCUT2D eigenvalue weighted by Gasteiger charge is 2.11. The largest absolute Gasteiger partial charge is 0.467 e. The van der Waals surface area contributed by atoms with Crippen molar-refractivity contribution >= 4 is 16.9 Å². The Bertz CT molecular complexity index is 866. The number of esters is 1. The van der Waals surface area contributed by atoms with Gasteiger partial charge in [0.15, 0.2) is 0 Å². The van der Waals surface area contributed by atoms with Crippen molar-refractivity contribution in [3.63, 3.8) is 0 Å². The molecule has 0 amide bonds. The van der Waals surface area contributed by atoms with Crippen LogP contribution in [0.15, 0.2) is 46.3 Å². The van der Waals surface area contributed by atoms with E-state index in [1.165, 1.54) is 42.7 Å². The van der Waals surface area contributed by atoms with E-state index in [4.69, 9.17) is 4.42 Å². The Labute approximate surface area is 118 Å². The van der Waals surface area contributed by atoms with Crippen molar-refractivity contribution < 1.29 is 13.9 Å². The van der Waals surface area contributed by atoms with Crippen molar-refractivity contribution in [2.24, 2.45) is 0 Å². The predicted molar refractivity (Wildman–Crippen MR) is 72.9 cm³/mol. The predicted octanol–water partition coefficient (Wildman–Crippen LogP) is 1.22. The van der Waals surface area contributed by atoms with Crippen molar-refractivity contribution in [3.05, 3.63) is 58.8 Å². The molecule has 0 aliphatic rings. The van der Waals surface area contributed by atoms with Crippen LogP contribution in [0, 0.1) is 0 Å². The minimum Gasteiger partial charge on any atom is -0.467 e. The fraction of sp³-hybridized carbons (Fsp3) is 0.143. The van der Waals surface area contributed by atoms with E-state index in [9.17, 15) is 9.59 Å². The van der Waals surface area contributed by atoms with Gasteiger partial charge in [-0.1, -0.05) is 0 Å². The molecule has 0 spiro atoms. The summed E-state index contributed by atoms with van der Waals surface area (Å²) < 4.78 is 11.3. The Morgan fingerprint density at radius 3 is 3.14 bits per heavy atom. The average Bonchev–Trinajstić information content (AvgIpc) is 2.98. The average molecular weight is 285 g/mol. The highest BCUT2D eigenvalue weighted by molar-refractivity contribution is 5.89. The monoisotopic (exact) mass is 285 g/mol. The van der Waals surface area contributed by atoms with Gasteiger partial charge < -0.3 is 9.15 Å². The number of hydrogen-bond donors (Lipinski definition) is 0. The lowest BCUT2D eigenvalue weighted by atomic mass is 10.3. The number of methoxy groups -OCH3 is 1. The third kappa shape index (κ3) is 2.40. The fourth-order valence-corrected chi connectivity index (χ4v) is 1.98. The summed E-state index contributed by atoms with van der Waals surface area (Å²) in [5.41, 5.74) is 0.644. The zero-order chi connectivity index (χ0) is 14.8. The van der Waals surface area contributed by atoms with Crippen LogP contribution in [-0.4, -0.2) is 27.6 Å². The standard InChI is InChI=1S/C14H11N3O4/c1-20-14(19)9-4-10(21-7-9)6-17-8-16-12-5-15-3-2-11(12)13(17)18/h2-5,7-8H,6H2,1H3. The smallest absolute Gasteiger partial charge is 0.341 e. The van der Waals surface area contributed by atoms with Crippen LogP contribution in [0.25, 0.3) is 10.9 Å². The van der Waals surface area contributed by atoms with Crippen molar-refractivity contribution in [1.82, 2.24) is 14.5 Å². The van der Waals surface area contributed by atoms with E-state index in [0.717, 1.165) is 0 Å². The summed E-state index contributed by atoms with van der Waals surface area (Å²) in [4.78, 5) is 31.7. The number of nitrogens with zero attached hydrogens (tertiary/aromatic N) is 3. The summed E-state index contributed by atoms with van der Waals surface area (Å²) in [6.45, 7) is 0.182. The highest BCUT2D eigenvalue weighted by Crippen LogP contribution is 2.10. The van der Waals surface area contributed by atoms with Crippen LogP contribution in [0.4, 0.5) is 0 Å². The molecule has 0 radical (unpaired) electrons. The van der Waals surface area contributed by atoms with Crippen molar-refractivity contribution in [2.45, 2.75) is 6.54 Å². The zero-order valence-electron chi connectivity index (χ0n) is 11.1. The van der Waals surface area contributed by atoms with Crippen molar-refractivity contribution in [2.75, 3.05) is 7.11 Å². The highest BCUT2D eigenvalue weighted by atomic mass is 16.5. The number of furan rings is 1. The first-order valence-corrected chi connectivity index (χ1v) is 6.14. The number of carbonyl (C=O) groups excluding carboxylic acids is 1. The molecular weight excluding hydrogens is 274 g/mol. The molecule has 3 aromatic rings. The summed E-state index contributed by atoms with van der Waals surface area (Å²) in [6.07, 6.45) is 5.79. The molecule has 0 fully saturated rings. The van der Waals surface area contributed by atoms with Crippen LogP contribution in [0.1, 0.15) is 16.1 Å². The Morgan fingerprint density at radius 2 is 2.33 bits per heavy atom. The SMILES string of the molecule is COC(=O)c1coc(Cn2cnc3cnccc3c2=O)c1. The van der Waals surface area contributed by atoms with Gasteiger partial charge in [0, 0.05) is 6.20 Å². The summed E-state index contributed by atoms with van der Waals surface area (Å²) >= 11 is 0. The molecular formula is C14H11N3O4. The Hall–Kier alpha value is -2.96. The molecule has 0 N–H and O–H groups in total. The number of carbonyl (C=O) groups is 1. The van der Waals surface area contributed by atoms with Gasteiger partial charge in [-0.15, -0.1) is 0 Å². The van der Waals surface area contributed by atoms with Crippen molar-refractivity contribution in [1.29, 1.82) is 0 Å². The second kappa shape index (κ2) is 5.20. The van der Waals surface area contributed by atoms with E-state index in [1.807, 2.05) is 0 Å². The number of ether oxygens (including phenoxy) is 1. The summed E-state index contributed by atoms with van der Waals surface area (Å²) in [6, 6.07) is 3.15. The molecule has 106 valence electrons. The number of rotatable bonds is 3. The molecule has 0 saturated heterocycles. The van der Waals surface area contributed by atoms with Crippen LogP contribution in [0.5, 0.6) is 0 Å². The van der Waals surface area contributed by atoms with Gasteiger partial charge in [0.05, 0.1) is 42.6 Å². The Kier molecular flexibility index (Phi) is 3.23. The van der Waals surface area contributed by atoms with Gasteiger partial charge >= 0.3 is 5.97 Å². The summed E-state index contributed by atoms with van der Waals surface area (Å²) in [5.74, 6) is -0.0206. The molecule has 0 saturated carbocycles. The van der Waals surface area contributed by atoms with Gasteiger partial charge in [-0.3, -0.25) is 14.3 Å². The van der Waals surface area contributed by atoms with E-state index >= 15 is 0 Å². The van der Waals surface area contributed by atoms with Gasteiger partial charge in [-0.05, 0) is 12.1 Å². The normalized spacial score (nSPS) is 10.7. The lowest BCUT2D eigenvalue weighted by Crippen LogP contribution is -2.21. The fourth-order valence-electron chi connectivity index (χ4n) is 1.98. The minimum absolute atomic E-state index is 0.182. The molecule has 3 heterocycles.